The van der Waals surface area contributed by atoms with E-state index in [-0.39, 0.29) is 11.7 Å². The minimum absolute atomic E-state index is 0.0815. The van der Waals surface area contributed by atoms with Crippen molar-refractivity contribution in [3.63, 3.8) is 0 Å². The fourth-order valence-electron chi connectivity index (χ4n) is 2.67. The molecule has 0 atom stereocenters. The van der Waals surface area contributed by atoms with Gasteiger partial charge in [-0.25, -0.2) is 0 Å². The lowest BCUT2D eigenvalue weighted by molar-refractivity contribution is -0.118. The van der Waals surface area contributed by atoms with Crippen molar-refractivity contribution in [1.29, 1.82) is 0 Å². The topological polar surface area (TPSA) is 82.2 Å². The average Bonchev–Trinajstić information content (AvgIpc) is 3.31. The van der Waals surface area contributed by atoms with Gasteiger partial charge >= 0.3 is 0 Å². The van der Waals surface area contributed by atoms with E-state index in [1.165, 1.54) is 11.8 Å². The third-order valence-electron chi connectivity index (χ3n) is 4.08. The Morgan fingerprint density at radius 3 is 2.96 bits per heavy atom. The third kappa shape index (κ3) is 4.64. The Balaban J connectivity index is 1.62. The largest absolute Gasteiger partial charge is 0.497 e. The van der Waals surface area contributed by atoms with Crippen molar-refractivity contribution in [2.45, 2.75) is 25.2 Å². The van der Waals surface area contributed by atoms with Crippen molar-refractivity contribution in [1.82, 2.24) is 20.1 Å². The van der Waals surface area contributed by atoms with Gasteiger partial charge in [0, 0.05) is 13.1 Å². The number of thioether (sulfide) groups is 1. The minimum atomic E-state index is -0.0815. The molecule has 8 heteroatoms. The summed E-state index contributed by atoms with van der Waals surface area (Å²) in [7, 11) is 1.62. The first kappa shape index (κ1) is 19.8. The summed E-state index contributed by atoms with van der Waals surface area (Å²) >= 11 is 1.34. The Morgan fingerprint density at radius 2 is 2.25 bits per heavy atom. The molecular weight excluding hydrogens is 376 g/mol. The normalized spacial score (nSPS) is 10.6. The number of benzene rings is 1. The maximum atomic E-state index is 12.2. The molecule has 0 fully saturated rings. The Hall–Kier alpha value is -3.00. The number of amides is 1. The average molecular weight is 398 g/mol. The van der Waals surface area contributed by atoms with Crippen LogP contribution in [0.1, 0.15) is 11.3 Å². The molecule has 1 N–H and O–H groups in total. The smallest absolute Gasteiger partial charge is 0.230 e. The molecule has 0 saturated carbocycles. The zero-order valence-corrected chi connectivity index (χ0v) is 16.7. The molecule has 28 heavy (non-hydrogen) atoms. The molecule has 0 aliphatic heterocycles. The van der Waals surface area contributed by atoms with Crippen LogP contribution in [-0.2, 0) is 17.9 Å². The SMILES string of the molecule is C=CCn1c(SCC(=O)NCc2cccc(OC)c2)nnc1-c1ccoc1C. The zero-order valence-electron chi connectivity index (χ0n) is 15.8. The number of furan rings is 1. The second kappa shape index (κ2) is 9.27. The van der Waals surface area contributed by atoms with Crippen LogP contribution < -0.4 is 10.1 Å². The number of hydrogen-bond acceptors (Lipinski definition) is 6. The van der Waals surface area contributed by atoms with Crippen LogP contribution in [0.15, 0.2) is 58.8 Å². The summed E-state index contributed by atoms with van der Waals surface area (Å²) in [6.07, 6.45) is 3.39. The number of carbonyl (C=O) groups excluding carboxylic acids is 1. The van der Waals surface area contributed by atoms with Crippen LogP contribution in [0.3, 0.4) is 0 Å². The summed E-state index contributed by atoms with van der Waals surface area (Å²) in [5.74, 6) is 2.39. The Morgan fingerprint density at radius 1 is 1.39 bits per heavy atom. The lowest BCUT2D eigenvalue weighted by atomic mass is 10.2. The van der Waals surface area contributed by atoms with Crippen LogP contribution in [0, 0.1) is 6.92 Å². The summed E-state index contributed by atoms with van der Waals surface area (Å²) in [5.41, 5.74) is 1.86. The Bertz CT molecular complexity index is 964. The van der Waals surface area contributed by atoms with Gasteiger partial charge in [0.05, 0.1) is 24.7 Å². The number of nitrogens with zero attached hydrogens (tertiary/aromatic N) is 3. The van der Waals surface area contributed by atoms with Crippen LogP contribution in [0.5, 0.6) is 5.75 Å². The van der Waals surface area contributed by atoms with Crippen molar-refractivity contribution in [3.05, 3.63) is 60.6 Å². The molecule has 7 nitrogen and oxygen atoms in total. The highest BCUT2D eigenvalue weighted by molar-refractivity contribution is 7.99. The van der Waals surface area contributed by atoms with Gasteiger partial charge in [0.15, 0.2) is 11.0 Å². The summed E-state index contributed by atoms with van der Waals surface area (Å²) in [4.78, 5) is 12.2. The Labute approximate surface area is 167 Å². The molecule has 0 radical (unpaired) electrons. The molecule has 2 heterocycles. The van der Waals surface area contributed by atoms with Crippen LogP contribution in [0.25, 0.3) is 11.4 Å². The van der Waals surface area contributed by atoms with Gasteiger partial charge in [-0.3, -0.25) is 9.36 Å². The van der Waals surface area contributed by atoms with E-state index in [1.807, 2.05) is 41.8 Å². The summed E-state index contributed by atoms with van der Waals surface area (Å²) in [6, 6.07) is 9.46. The third-order valence-corrected chi connectivity index (χ3v) is 5.05. The molecule has 0 saturated heterocycles. The highest BCUT2D eigenvalue weighted by Gasteiger charge is 2.17. The molecule has 3 aromatic rings. The van der Waals surface area contributed by atoms with E-state index < -0.39 is 0 Å². The fraction of sp³-hybridized carbons (Fsp3) is 0.250. The number of aryl methyl sites for hydroxylation is 1. The first-order valence-electron chi connectivity index (χ1n) is 8.73. The van der Waals surface area contributed by atoms with Crippen LogP contribution in [0.2, 0.25) is 0 Å². The summed E-state index contributed by atoms with van der Waals surface area (Å²) in [6.45, 7) is 6.65. The molecule has 146 valence electrons. The molecule has 0 spiro atoms. The first-order valence-corrected chi connectivity index (χ1v) is 9.72. The van der Waals surface area contributed by atoms with Crippen molar-refractivity contribution >= 4 is 17.7 Å². The Kier molecular flexibility index (Phi) is 6.54. The van der Waals surface area contributed by atoms with Crippen molar-refractivity contribution < 1.29 is 13.9 Å². The first-order chi connectivity index (χ1) is 13.6. The number of aromatic nitrogens is 3. The maximum absolute atomic E-state index is 12.2. The number of carbonyl (C=O) groups is 1. The van der Waals surface area contributed by atoms with Gasteiger partial charge in [-0.2, -0.15) is 0 Å². The van der Waals surface area contributed by atoms with Gasteiger partial charge in [0.2, 0.25) is 5.91 Å². The van der Waals surface area contributed by atoms with Gasteiger partial charge < -0.3 is 14.5 Å². The molecule has 3 rings (SSSR count). The van der Waals surface area contributed by atoms with Gasteiger partial charge in [-0.05, 0) is 30.7 Å². The molecule has 0 bridgehead atoms. The number of hydrogen-bond donors (Lipinski definition) is 1. The predicted octanol–water partition coefficient (Wildman–Crippen LogP) is 3.45. The van der Waals surface area contributed by atoms with E-state index in [0.29, 0.717) is 24.1 Å². The zero-order chi connectivity index (χ0) is 19.9. The highest BCUT2D eigenvalue weighted by Crippen LogP contribution is 2.27. The second-order valence-electron chi connectivity index (χ2n) is 6.01. The van der Waals surface area contributed by atoms with E-state index >= 15 is 0 Å². The van der Waals surface area contributed by atoms with E-state index in [1.54, 1.807) is 19.4 Å². The maximum Gasteiger partial charge on any atom is 0.230 e. The molecule has 0 unspecified atom stereocenters. The molecule has 0 aliphatic rings. The van der Waals surface area contributed by atoms with E-state index in [2.05, 4.69) is 22.1 Å². The van der Waals surface area contributed by atoms with Gasteiger partial charge in [0.25, 0.3) is 0 Å². The predicted molar refractivity (Wildman–Crippen MR) is 108 cm³/mol. The van der Waals surface area contributed by atoms with Crippen molar-refractivity contribution in [2.75, 3.05) is 12.9 Å². The van der Waals surface area contributed by atoms with Crippen molar-refractivity contribution in [3.8, 4) is 17.1 Å². The number of methoxy groups -OCH3 is 1. The summed E-state index contributed by atoms with van der Waals surface area (Å²) in [5, 5.41) is 12.1. The lowest BCUT2D eigenvalue weighted by Gasteiger charge is -2.08. The standard InChI is InChI=1S/C20H22N4O3S/c1-4-9-24-19(17-8-10-27-14(17)2)22-23-20(24)28-13-18(25)21-12-15-6-5-7-16(11-15)26-3/h4-8,10-11H,1,9,12-13H2,2-3H3,(H,21,25). The molecular formula is C20H22N4O3S. The fourth-order valence-corrected chi connectivity index (χ4v) is 3.45. The number of allylic oxidation sites excluding steroid dienone is 1. The molecule has 2 aromatic heterocycles. The quantitative estimate of drug-likeness (QED) is 0.439. The number of ether oxygens (including phenoxy) is 1. The van der Waals surface area contributed by atoms with Crippen LogP contribution in [-0.4, -0.2) is 33.5 Å². The van der Waals surface area contributed by atoms with E-state index in [4.69, 9.17) is 9.15 Å². The monoisotopic (exact) mass is 398 g/mol. The van der Waals surface area contributed by atoms with Gasteiger partial charge in [-0.1, -0.05) is 30.0 Å². The molecule has 1 aromatic carbocycles. The second-order valence-corrected chi connectivity index (χ2v) is 6.96. The lowest BCUT2D eigenvalue weighted by Crippen LogP contribution is -2.24. The van der Waals surface area contributed by atoms with Crippen LogP contribution >= 0.6 is 11.8 Å². The van der Waals surface area contributed by atoms with Gasteiger partial charge in [0.1, 0.15) is 11.5 Å². The highest BCUT2D eigenvalue weighted by atomic mass is 32.2. The van der Waals surface area contributed by atoms with E-state index in [0.717, 1.165) is 22.6 Å². The summed E-state index contributed by atoms with van der Waals surface area (Å²) < 4.78 is 12.5. The van der Waals surface area contributed by atoms with Crippen LogP contribution in [0.4, 0.5) is 0 Å². The van der Waals surface area contributed by atoms with Crippen molar-refractivity contribution in [2.24, 2.45) is 0 Å². The number of nitrogens with one attached hydrogen (secondary N) is 1. The number of rotatable bonds is 9. The van der Waals surface area contributed by atoms with Gasteiger partial charge in [-0.15, -0.1) is 16.8 Å². The minimum Gasteiger partial charge on any atom is -0.497 e. The molecule has 1 amide bonds. The van der Waals surface area contributed by atoms with E-state index in [9.17, 15) is 4.79 Å². The molecule has 0 aliphatic carbocycles.